The van der Waals surface area contributed by atoms with Crippen LogP contribution < -0.4 is 5.56 Å². The number of ether oxygens (including phenoxy) is 1. The molecule has 0 atom stereocenters. The van der Waals surface area contributed by atoms with Crippen LogP contribution in [-0.2, 0) is 22.4 Å². The molecule has 4 rings (SSSR count). The summed E-state index contributed by atoms with van der Waals surface area (Å²) in [5, 5.41) is 4.48. The normalized spacial score (nSPS) is 11.0. The quantitative estimate of drug-likeness (QED) is 0.324. The number of pyridine rings is 1. The summed E-state index contributed by atoms with van der Waals surface area (Å²) >= 11 is 0. The van der Waals surface area contributed by atoms with E-state index < -0.39 is 0 Å². The number of hydrogen-bond acceptors (Lipinski definition) is 8. The van der Waals surface area contributed by atoms with Crippen molar-refractivity contribution >= 4 is 16.9 Å². The number of para-hydroxylation sites is 1. The molecule has 9 heteroatoms. The Bertz CT molecular complexity index is 1220. The topological polar surface area (TPSA) is 124 Å². The first kappa shape index (κ1) is 20.4. The number of rotatable bonds is 9. The highest BCUT2D eigenvalue weighted by Gasteiger charge is 2.10. The SMILES string of the molecule is O=C(CCCc1nc2ccccc2c(=O)[nH]1)OCCCc1nc(-c2cccnc2)no1. The fourth-order valence-corrected chi connectivity index (χ4v) is 3.10. The van der Waals surface area contributed by atoms with Crippen LogP contribution in [0.1, 0.15) is 31.0 Å². The monoisotopic (exact) mass is 419 g/mol. The number of aryl methyl sites for hydroxylation is 2. The Kier molecular flexibility index (Phi) is 6.41. The molecular formula is C22H21N5O4. The van der Waals surface area contributed by atoms with Gasteiger partial charge in [0.15, 0.2) is 0 Å². The molecule has 3 aromatic heterocycles. The van der Waals surface area contributed by atoms with Crippen molar-refractivity contribution in [1.29, 1.82) is 0 Å². The number of nitrogens with zero attached hydrogens (tertiary/aromatic N) is 4. The van der Waals surface area contributed by atoms with Gasteiger partial charge in [0.25, 0.3) is 5.56 Å². The lowest BCUT2D eigenvalue weighted by Crippen LogP contribution is -2.12. The smallest absolute Gasteiger partial charge is 0.305 e. The molecule has 31 heavy (non-hydrogen) atoms. The second-order valence-corrected chi connectivity index (χ2v) is 6.96. The minimum Gasteiger partial charge on any atom is -0.466 e. The molecule has 0 fully saturated rings. The molecule has 1 aromatic carbocycles. The molecule has 0 saturated heterocycles. The number of aromatic nitrogens is 5. The minimum absolute atomic E-state index is 0.170. The second kappa shape index (κ2) is 9.75. The van der Waals surface area contributed by atoms with Gasteiger partial charge in [-0.3, -0.25) is 14.6 Å². The van der Waals surface area contributed by atoms with Crippen molar-refractivity contribution in [2.24, 2.45) is 0 Å². The van der Waals surface area contributed by atoms with E-state index >= 15 is 0 Å². The predicted octanol–water partition coefficient (Wildman–Crippen LogP) is 2.87. The number of hydrogen-bond donors (Lipinski definition) is 1. The summed E-state index contributed by atoms with van der Waals surface area (Å²) in [6.07, 6.45) is 5.73. The number of aromatic amines is 1. The lowest BCUT2D eigenvalue weighted by molar-refractivity contribution is -0.143. The molecule has 0 unspecified atom stereocenters. The number of esters is 1. The molecule has 0 spiro atoms. The standard InChI is InChI=1S/C22H21N5O4/c28-20(11-3-9-18-24-17-8-2-1-7-16(17)22(29)25-18)30-13-5-10-19-26-21(27-31-19)15-6-4-12-23-14-15/h1-2,4,6-8,12,14H,3,5,9-11,13H2,(H,24,25,29). The Morgan fingerprint density at radius 2 is 1.97 bits per heavy atom. The number of nitrogens with one attached hydrogen (secondary N) is 1. The molecule has 4 aromatic rings. The molecule has 0 radical (unpaired) electrons. The van der Waals surface area contributed by atoms with Crippen LogP contribution in [-0.4, -0.2) is 37.7 Å². The lowest BCUT2D eigenvalue weighted by Gasteiger charge is -2.05. The van der Waals surface area contributed by atoms with E-state index in [2.05, 4.69) is 25.1 Å². The van der Waals surface area contributed by atoms with Crippen LogP contribution in [0.4, 0.5) is 0 Å². The van der Waals surface area contributed by atoms with Gasteiger partial charge in [-0.15, -0.1) is 0 Å². The van der Waals surface area contributed by atoms with Crippen molar-refractivity contribution in [2.45, 2.75) is 32.1 Å². The van der Waals surface area contributed by atoms with Crippen molar-refractivity contribution in [1.82, 2.24) is 25.1 Å². The van der Waals surface area contributed by atoms with Gasteiger partial charge >= 0.3 is 5.97 Å². The maximum Gasteiger partial charge on any atom is 0.305 e. The Hall–Kier alpha value is -3.88. The first-order valence-electron chi connectivity index (χ1n) is 10.1. The van der Waals surface area contributed by atoms with E-state index in [0.717, 1.165) is 5.56 Å². The van der Waals surface area contributed by atoms with Gasteiger partial charge in [-0.2, -0.15) is 4.98 Å². The largest absolute Gasteiger partial charge is 0.466 e. The van der Waals surface area contributed by atoms with Crippen LogP contribution in [0.2, 0.25) is 0 Å². The van der Waals surface area contributed by atoms with E-state index in [-0.39, 0.29) is 24.6 Å². The molecule has 0 aliphatic rings. The molecule has 1 N–H and O–H groups in total. The summed E-state index contributed by atoms with van der Waals surface area (Å²) in [5.74, 6) is 1.25. The zero-order valence-corrected chi connectivity index (χ0v) is 16.8. The summed E-state index contributed by atoms with van der Waals surface area (Å²) < 4.78 is 10.5. The van der Waals surface area contributed by atoms with Gasteiger partial charge in [-0.25, -0.2) is 4.98 Å². The first-order chi connectivity index (χ1) is 15.2. The van der Waals surface area contributed by atoms with Crippen molar-refractivity contribution in [3.8, 4) is 11.4 Å². The van der Waals surface area contributed by atoms with Gasteiger partial charge in [0.2, 0.25) is 11.7 Å². The van der Waals surface area contributed by atoms with E-state index in [1.54, 1.807) is 36.7 Å². The third kappa shape index (κ3) is 5.39. The average Bonchev–Trinajstić information content (AvgIpc) is 3.26. The van der Waals surface area contributed by atoms with Gasteiger partial charge in [0.05, 0.1) is 17.5 Å². The van der Waals surface area contributed by atoms with Crippen LogP contribution in [0.5, 0.6) is 0 Å². The zero-order valence-electron chi connectivity index (χ0n) is 16.8. The maximum absolute atomic E-state index is 12.1. The third-order valence-corrected chi connectivity index (χ3v) is 4.64. The number of carbonyl (C=O) groups is 1. The van der Waals surface area contributed by atoms with E-state index in [1.165, 1.54) is 0 Å². The van der Waals surface area contributed by atoms with Crippen molar-refractivity contribution in [3.63, 3.8) is 0 Å². The van der Waals surface area contributed by atoms with Gasteiger partial charge in [-0.1, -0.05) is 17.3 Å². The number of benzene rings is 1. The lowest BCUT2D eigenvalue weighted by atomic mass is 10.2. The van der Waals surface area contributed by atoms with Crippen LogP contribution in [0.25, 0.3) is 22.3 Å². The molecule has 0 bridgehead atoms. The molecular weight excluding hydrogens is 398 g/mol. The third-order valence-electron chi connectivity index (χ3n) is 4.64. The molecule has 0 amide bonds. The Labute approximate surface area is 177 Å². The van der Waals surface area contributed by atoms with Gasteiger partial charge < -0.3 is 14.2 Å². The van der Waals surface area contributed by atoms with E-state index in [4.69, 9.17) is 9.26 Å². The summed E-state index contributed by atoms with van der Waals surface area (Å²) in [5.41, 5.74) is 1.26. The average molecular weight is 419 g/mol. The molecule has 9 nitrogen and oxygen atoms in total. The minimum atomic E-state index is -0.287. The van der Waals surface area contributed by atoms with E-state index in [9.17, 15) is 9.59 Å². The van der Waals surface area contributed by atoms with Gasteiger partial charge in [-0.05, 0) is 37.1 Å². The fourth-order valence-electron chi connectivity index (χ4n) is 3.10. The number of fused-ring (bicyclic) bond motifs is 1. The first-order valence-corrected chi connectivity index (χ1v) is 10.1. The van der Waals surface area contributed by atoms with Crippen molar-refractivity contribution < 1.29 is 14.1 Å². The Morgan fingerprint density at radius 1 is 1.06 bits per heavy atom. The molecule has 3 heterocycles. The fraction of sp³-hybridized carbons (Fsp3) is 0.273. The van der Waals surface area contributed by atoms with Crippen LogP contribution in [0, 0.1) is 0 Å². The van der Waals surface area contributed by atoms with E-state index in [1.807, 2.05) is 12.1 Å². The van der Waals surface area contributed by atoms with Crippen LogP contribution in [0.15, 0.2) is 58.1 Å². The molecule has 158 valence electrons. The van der Waals surface area contributed by atoms with Gasteiger partial charge in [0.1, 0.15) is 5.82 Å². The number of carbonyl (C=O) groups excluding carboxylic acids is 1. The van der Waals surface area contributed by atoms with Crippen LogP contribution in [0.3, 0.4) is 0 Å². The predicted molar refractivity (Wildman–Crippen MR) is 112 cm³/mol. The summed E-state index contributed by atoms with van der Waals surface area (Å²) in [6, 6.07) is 10.8. The van der Waals surface area contributed by atoms with Crippen LogP contribution >= 0.6 is 0 Å². The summed E-state index contributed by atoms with van der Waals surface area (Å²) in [7, 11) is 0. The van der Waals surface area contributed by atoms with Crippen molar-refractivity contribution in [2.75, 3.05) is 6.61 Å². The van der Waals surface area contributed by atoms with E-state index in [0.29, 0.717) is 54.1 Å². The highest BCUT2D eigenvalue weighted by molar-refractivity contribution is 5.77. The zero-order chi connectivity index (χ0) is 21.5. The summed E-state index contributed by atoms with van der Waals surface area (Å²) in [6.45, 7) is 0.272. The molecule has 0 saturated carbocycles. The highest BCUT2D eigenvalue weighted by atomic mass is 16.5. The van der Waals surface area contributed by atoms with Gasteiger partial charge in [0, 0.05) is 37.2 Å². The molecule has 0 aliphatic heterocycles. The van der Waals surface area contributed by atoms with Crippen molar-refractivity contribution in [3.05, 3.63) is 70.9 Å². The number of H-pyrrole nitrogens is 1. The highest BCUT2D eigenvalue weighted by Crippen LogP contribution is 2.14. The Morgan fingerprint density at radius 3 is 2.84 bits per heavy atom. The summed E-state index contributed by atoms with van der Waals surface area (Å²) in [4.78, 5) is 39.5. The second-order valence-electron chi connectivity index (χ2n) is 6.96. The maximum atomic E-state index is 12.1. The molecule has 0 aliphatic carbocycles. The Balaban J connectivity index is 1.17.